The minimum absolute atomic E-state index is 0.401. The molecule has 1 aliphatic rings. The van der Waals surface area contributed by atoms with Crippen LogP contribution in [0.5, 0.6) is 0 Å². The molecule has 1 saturated heterocycles. The molecule has 202 valence electrons. The first-order valence-corrected chi connectivity index (χ1v) is 13.1. The second kappa shape index (κ2) is 11.0. The number of hydrogen-bond acceptors (Lipinski definition) is 9. The molecule has 0 aliphatic carbocycles. The van der Waals surface area contributed by atoms with Crippen LogP contribution in [0.25, 0.3) is 22.1 Å². The van der Waals surface area contributed by atoms with Gasteiger partial charge < -0.3 is 35.7 Å². The number of nitrogens with zero attached hydrogens (tertiary/aromatic N) is 4. The molecule has 11 heteroatoms. The summed E-state index contributed by atoms with van der Waals surface area (Å²) in [6.45, 7) is 0.813. The number of fused-ring (bicyclic) bond motifs is 2. The molecule has 6 rings (SSSR count). The van der Waals surface area contributed by atoms with E-state index in [1.54, 1.807) is 4.57 Å². The van der Waals surface area contributed by atoms with Gasteiger partial charge in [0, 0.05) is 30.2 Å². The van der Waals surface area contributed by atoms with E-state index in [0.717, 1.165) is 18.4 Å². The van der Waals surface area contributed by atoms with Gasteiger partial charge in [-0.05, 0) is 30.0 Å². The first-order valence-electron chi connectivity index (χ1n) is 13.1. The van der Waals surface area contributed by atoms with Crippen LogP contribution in [0.2, 0.25) is 0 Å². The molecule has 1 fully saturated rings. The fourth-order valence-corrected chi connectivity index (χ4v) is 5.03. The lowest BCUT2D eigenvalue weighted by molar-refractivity contribution is -0.0511. The van der Waals surface area contributed by atoms with Crippen LogP contribution in [0, 0.1) is 0 Å². The lowest BCUT2D eigenvalue weighted by Gasteiger charge is -2.17. The molecule has 39 heavy (non-hydrogen) atoms. The molecule has 0 unspecified atom stereocenters. The Hall–Kier alpha value is -4.03. The standard InChI is InChI=1S/C28H31N7O4/c36-15-21-23(37)24(38)27(39-21)35-16-32-22-25(29-12-10-17-6-2-1-3-7-17)33-28(34-26(22)35)30-13-11-18-14-31-20-9-5-4-8-19(18)20/h1-9,14,16,21,23-24,27,31,36-38H,10-13,15H2,(H2,29,30,33,34)/t21-,23-,24-,27-/m1/s1. The van der Waals surface area contributed by atoms with E-state index in [1.165, 1.54) is 22.8 Å². The summed E-state index contributed by atoms with van der Waals surface area (Å²) in [5.74, 6) is 0.953. The highest BCUT2D eigenvalue weighted by molar-refractivity contribution is 5.85. The summed E-state index contributed by atoms with van der Waals surface area (Å²) in [6, 6.07) is 18.3. The Morgan fingerprint density at radius 3 is 2.54 bits per heavy atom. The van der Waals surface area contributed by atoms with Crippen LogP contribution in [0.1, 0.15) is 17.4 Å². The minimum atomic E-state index is -1.25. The SMILES string of the molecule is OC[C@H]1O[C@@H](n2cnc3c(NCCc4ccccc4)nc(NCCc4c[nH]c5ccccc45)nc32)[C@H](O)[C@@H]1O. The molecule has 0 saturated carbocycles. The van der Waals surface area contributed by atoms with Crippen LogP contribution in [0.4, 0.5) is 11.8 Å². The Labute approximate surface area is 224 Å². The number of H-pyrrole nitrogens is 1. The second-order valence-electron chi connectivity index (χ2n) is 9.65. The number of aromatic nitrogens is 5. The number of anilines is 2. The molecule has 6 N–H and O–H groups in total. The molecule has 2 aromatic carbocycles. The number of nitrogens with one attached hydrogen (secondary N) is 3. The molecule has 0 radical (unpaired) electrons. The van der Waals surface area contributed by atoms with Crippen molar-refractivity contribution in [1.29, 1.82) is 0 Å². The molecule has 0 bridgehead atoms. The Bertz CT molecular complexity index is 1550. The van der Waals surface area contributed by atoms with Crippen molar-refractivity contribution in [3.05, 3.63) is 78.2 Å². The van der Waals surface area contributed by atoms with Crippen LogP contribution < -0.4 is 10.6 Å². The van der Waals surface area contributed by atoms with Crippen molar-refractivity contribution in [1.82, 2.24) is 24.5 Å². The van der Waals surface area contributed by atoms with Gasteiger partial charge in [0.1, 0.15) is 18.3 Å². The lowest BCUT2D eigenvalue weighted by Crippen LogP contribution is -2.33. The van der Waals surface area contributed by atoms with E-state index in [1.807, 2.05) is 36.5 Å². The summed E-state index contributed by atoms with van der Waals surface area (Å²) in [6.07, 6.45) is 0.761. The normalized spacial score (nSPS) is 21.1. The van der Waals surface area contributed by atoms with Gasteiger partial charge >= 0.3 is 0 Å². The van der Waals surface area contributed by atoms with Gasteiger partial charge in [0.15, 0.2) is 23.2 Å². The number of aliphatic hydroxyl groups is 3. The number of aromatic amines is 1. The average molecular weight is 530 g/mol. The summed E-state index contributed by atoms with van der Waals surface area (Å²) in [5.41, 5.74) is 4.44. The fourth-order valence-electron chi connectivity index (χ4n) is 5.03. The third-order valence-electron chi connectivity index (χ3n) is 7.11. The van der Waals surface area contributed by atoms with Gasteiger partial charge in [0.25, 0.3) is 0 Å². The van der Waals surface area contributed by atoms with Crippen molar-refractivity contribution in [2.75, 3.05) is 30.3 Å². The topological polar surface area (TPSA) is 153 Å². The second-order valence-corrected chi connectivity index (χ2v) is 9.65. The van der Waals surface area contributed by atoms with Gasteiger partial charge in [0.2, 0.25) is 5.95 Å². The molecule has 4 heterocycles. The van der Waals surface area contributed by atoms with Crippen LogP contribution in [-0.4, -0.2) is 77.8 Å². The van der Waals surface area contributed by atoms with E-state index in [-0.39, 0.29) is 0 Å². The van der Waals surface area contributed by atoms with E-state index in [4.69, 9.17) is 14.7 Å². The Balaban J connectivity index is 1.26. The monoisotopic (exact) mass is 529 g/mol. The molecular weight excluding hydrogens is 498 g/mol. The molecular formula is C28H31N7O4. The summed E-state index contributed by atoms with van der Waals surface area (Å²) >= 11 is 0. The number of para-hydroxylation sites is 1. The maximum atomic E-state index is 10.6. The van der Waals surface area contributed by atoms with Crippen molar-refractivity contribution in [2.24, 2.45) is 0 Å². The molecule has 0 spiro atoms. The summed E-state index contributed by atoms with van der Waals surface area (Å²) in [4.78, 5) is 17.2. The van der Waals surface area contributed by atoms with E-state index >= 15 is 0 Å². The van der Waals surface area contributed by atoms with Gasteiger partial charge in [-0.2, -0.15) is 9.97 Å². The smallest absolute Gasteiger partial charge is 0.226 e. The molecule has 5 aromatic rings. The minimum Gasteiger partial charge on any atom is -0.394 e. The highest BCUT2D eigenvalue weighted by atomic mass is 16.6. The van der Waals surface area contributed by atoms with Crippen molar-refractivity contribution in [3.63, 3.8) is 0 Å². The zero-order valence-corrected chi connectivity index (χ0v) is 21.2. The Morgan fingerprint density at radius 2 is 1.72 bits per heavy atom. The summed E-state index contributed by atoms with van der Waals surface area (Å²) in [7, 11) is 0. The summed E-state index contributed by atoms with van der Waals surface area (Å²) in [5, 5.41) is 38.3. The van der Waals surface area contributed by atoms with Gasteiger partial charge in [-0.25, -0.2) is 4.98 Å². The molecule has 1 aliphatic heterocycles. The third-order valence-corrected chi connectivity index (χ3v) is 7.11. The van der Waals surface area contributed by atoms with E-state index in [9.17, 15) is 15.3 Å². The fraction of sp³-hybridized carbons (Fsp3) is 0.321. The van der Waals surface area contributed by atoms with Crippen LogP contribution in [0.15, 0.2) is 67.1 Å². The molecule has 4 atom stereocenters. The lowest BCUT2D eigenvalue weighted by atomic mass is 10.1. The number of benzene rings is 2. The number of aliphatic hydroxyl groups excluding tert-OH is 3. The van der Waals surface area contributed by atoms with Crippen molar-refractivity contribution >= 4 is 33.8 Å². The van der Waals surface area contributed by atoms with Crippen LogP contribution in [-0.2, 0) is 17.6 Å². The van der Waals surface area contributed by atoms with E-state index in [2.05, 4.69) is 44.9 Å². The number of ether oxygens (including phenoxy) is 1. The highest BCUT2D eigenvalue weighted by Crippen LogP contribution is 2.33. The van der Waals surface area contributed by atoms with Crippen molar-refractivity contribution < 1.29 is 20.1 Å². The van der Waals surface area contributed by atoms with Gasteiger partial charge in [-0.1, -0.05) is 48.5 Å². The Kier molecular flexibility index (Phi) is 7.12. The van der Waals surface area contributed by atoms with Crippen LogP contribution in [0.3, 0.4) is 0 Å². The maximum absolute atomic E-state index is 10.6. The number of hydrogen-bond donors (Lipinski definition) is 6. The molecule has 3 aromatic heterocycles. The van der Waals surface area contributed by atoms with Gasteiger partial charge in [0.05, 0.1) is 12.9 Å². The third kappa shape index (κ3) is 5.04. The van der Waals surface area contributed by atoms with Crippen molar-refractivity contribution in [3.8, 4) is 0 Å². The van der Waals surface area contributed by atoms with Crippen LogP contribution >= 0.6 is 0 Å². The molecule has 11 nitrogen and oxygen atoms in total. The summed E-state index contributed by atoms with van der Waals surface area (Å²) < 4.78 is 7.32. The predicted molar refractivity (Wildman–Crippen MR) is 147 cm³/mol. The zero-order valence-electron chi connectivity index (χ0n) is 21.2. The highest BCUT2D eigenvalue weighted by Gasteiger charge is 2.44. The number of rotatable bonds is 10. The van der Waals surface area contributed by atoms with Crippen molar-refractivity contribution in [2.45, 2.75) is 37.4 Å². The number of imidazole rings is 1. The average Bonchev–Trinajstić information content (AvgIpc) is 3.65. The van der Waals surface area contributed by atoms with Gasteiger partial charge in [-0.3, -0.25) is 4.57 Å². The Morgan fingerprint density at radius 1 is 0.923 bits per heavy atom. The first-order chi connectivity index (χ1) is 19.1. The van der Waals surface area contributed by atoms with Gasteiger partial charge in [-0.15, -0.1) is 0 Å². The van der Waals surface area contributed by atoms with E-state index < -0.39 is 31.1 Å². The first kappa shape index (κ1) is 25.3. The largest absolute Gasteiger partial charge is 0.394 e. The molecule has 0 amide bonds. The zero-order chi connectivity index (χ0) is 26.8. The quantitative estimate of drug-likeness (QED) is 0.160. The maximum Gasteiger partial charge on any atom is 0.226 e. The predicted octanol–water partition coefficient (Wildman–Crippen LogP) is 2.23. The van der Waals surface area contributed by atoms with E-state index in [0.29, 0.717) is 36.0 Å².